The van der Waals surface area contributed by atoms with Crippen LogP contribution < -0.4 is 5.32 Å². The zero-order chi connectivity index (χ0) is 11.5. The summed E-state index contributed by atoms with van der Waals surface area (Å²) < 4.78 is 3.52. The maximum Gasteiger partial charge on any atom is 0.0843 e. The average Bonchev–Trinajstić information content (AvgIpc) is 2.58. The third kappa shape index (κ3) is 3.45. The molecule has 1 nitrogen and oxygen atoms in total. The lowest BCUT2D eigenvalue weighted by Gasteiger charge is -2.04. The molecule has 1 aromatic carbocycles. The van der Waals surface area contributed by atoms with Crippen LogP contribution in [-0.2, 0) is 6.54 Å². The van der Waals surface area contributed by atoms with Crippen molar-refractivity contribution in [3.05, 3.63) is 47.0 Å². The second kappa shape index (κ2) is 5.84. The molecule has 0 atom stereocenters. The van der Waals surface area contributed by atoms with Crippen LogP contribution in [0.3, 0.4) is 0 Å². The van der Waals surface area contributed by atoms with Crippen molar-refractivity contribution in [1.29, 1.82) is 0 Å². The first kappa shape index (κ1) is 12.9. The Morgan fingerprint density at radius 2 is 1.88 bits per heavy atom. The molecular weight excluding hydrogens is 465 g/mol. The quantitative estimate of drug-likeness (QED) is 0.582. The number of anilines is 1. The molecule has 1 N–H and O–H groups in total. The van der Waals surface area contributed by atoms with Crippen LogP contribution in [0.15, 0.2) is 38.6 Å². The summed E-state index contributed by atoms with van der Waals surface area (Å²) in [5, 5.41) is 3.39. The summed E-state index contributed by atoms with van der Waals surface area (Å²) in [6, 6.07) is 10.5. The van der Waals surface area contributed by atoms with Crippen molar-refractivity contribution in [2.75, 3.05) is 5.32 Å². The van der Waals surface area contributed by atoms with Crippen LogP contribution in [0.2, 0.25) is 0 Å². The summed E-state index contributed by atoms with van der Waals surface area (Å²) >= 11 is 11.0. The fourth-order valence-corrected chi connectivity index (χ4v) is 3.71. The van der Waals surface area contributed by atoms with Gasteiger partial charge in [-0.15, -0.1) is 11.3 Å². The van der Waals surface area contributed by atoms with E-state index in [0.29, 0.717) is 0 Å². The van der Waals surface area contributed by atoms with Gasteiger partial charge in [0.15, 0.2) is 0 Å². The van der Waals surface area contributed by atoms with Crippen LogP contribution in [0, 0.1) is 3.57 Å². The lowest BCUT2D eigenvalue weighted by atomic mass is 10.3. The second-order valence-electron chi connectivity index (χ2n) is 3.19. The van der Waals surface area contributed by atoms with Crippen LogP contribution in [0.1, 0.15) is 4.88 Å². The third-order valence-electron chi connectivity index (χ3n) is 2.01. The van der Waals surface area contributed by atoms with Crippen LogP contribution in [0.25, 0.3) is 0 Å². The fraction of sp³-hybridized carbons (Fsp3) is 0.0909. The number of hydrogen-bond acceptors (Lipinski definition) is 2. The molecule has 0 unspecified atom stereocenters. The molecule has 1 aromatic heterocycles. The van der Waals surface area contributed by atoms with Crippen LogP contribution >= 0.6 is 65.8 Å². The summed E-state index contributed by atoms with van der Waals surface area (Å²) in [6.45, 7) is 0.857. The molecule has 16 heavy (non-hydrogen) atoms. The van der Waals surface area contributed by atoms with Crippen LogP contribution in [0.4, 0.5) is 5.69 Å². The molecule has 5 heteroatoms. The Labute approximate surface area is 129 Å². The van der Waals surface area contributed by atoms with E-state index < -0.39 is 0 Å². The Morgan fingerprint density at radius 3 is 2.44 bits per heavy atom. The molecule has 0 aliphatic carbocycles. The first-order valence-corrected chi connectivity index (χ1v) is 8.06. The molecule has 0 aliphatic heterocycles. The highest BCUT2D eigenvalue weighted by molar-refractivity contribution is 14.1. The van der Waals surface area contributed by atoms with Crippen molar-refractivity contribution in [2.24, 2.45) is 0 Å². The minimum atomic E-state index is 0.857. The van der Waals surface area contributed by atoms with E-state index in [1.807, 2.05) is 0 Å². The summed E-state index contributed by atoms with van der Waals surface area (Å²) in [7, 11) is 0. The lowest BCUT2D eigenvalue weighted by molar-refractivity contribution is 1.19. The maximum atomic E-state index is 3.49. The van der Waals surface area contributed by atoms with Crippen LogP contribution in [0.5, 0.6) is 0 Å². The molecule has 0 fully saturated rings. The van der Waals surface area contributed by atoms with Gasteiger partial charge in [-0.1, -0.05) is 0 Å². The molecule has 0 saturated heterocycles. The van der Waals surface area contributed by atoms with Gasteiger partial charge in [-0.05, 0) is 84.8 Å². The van der Waals surface area contributed by atoms with E-state index in [-0.39, 0.29) is 0 Å². The number of benzene rings is 1. The predicted octanol–water partition coefficient (Wildman–Crippen LogP) is 5.49. The van der Waals surface area contributed by atoms with Crippen molar-refractivity contribution in [1.82, 2.24) is 0 Å². The standard InChI is InChI=1S/C11H8Br2INS/c12-10-5-9(16-11(10)13)6-15-8-3-1-7(14)2-4-8/h1-5,15H,6H2. The third-order valence-corrected chi connectivity index (χ3v) is 5.98. The van der Waals surface area contributed by atoms with Gasteiger partial charge in [0, 0.05) is 25.2 Å². The smallest absolute Gasteiger partial charge is 0.0843 e. The Morgan fingerprint density at radius 1 is 1.19 bits per heavy atom. The Hall–Kier alpha value is 0.410. The maximum absolute atomic E-state index is 3.49. The normalized spacial score (nSPS) is 10.4. The first-order valence-electron chi connectivity index (χ1n) is 4.58. The van der Waals surface area contributed by atoms with Gasteiger partial charge in [-0.25, -0.2) is 0 Å². The molecule has 0 saturated carbocycles. The molecule has 2 rings (SSSR count). The zero-order valence-corrected chi connectivity index (χ0v) is 14.3. The Kier molecular flexibility index (Phi) is 4.69. The molecule has 0 amide bonds. The fourth-order valence-electron chi connectivity index (χ4n) is 1.24. The second-order valence-corrected chi connectivity index (χ2v) is 7.75. The minimum Gasteiger partial charge on any atom is -0.380 e. The number of nitrogens with one attached hydrogen (secondary N) is 1. The molecule has 0 radical (unpaired) electrons. The monoisotopic (exact) mass is 471 g/mol. The van der Waals surface area contributed by atoms with Crippen molar-refractivity contribution in [3.8, 4) is 0 Å². The highest BCUT2D eigenvalue weighted by atomic mass is 127. The molecule has 0 spiro atoms. The lowest BCUT2D eigenvalue weighted by Crippen LogP contribution is -1.96. The highest BCUT2D eigenvalue weighted by Crippen LogP contribution is 2.32. The molecule has 1 heterocycles. The van der Waals surface area contributed by atoms with Gasteiger partial charge in [0.05, 0.1) is 3.79 Å². The summed E-state index contributed by atoms with van der Waals surface area (Å²) in [5.74, 6) is 0. The molecule has 2 aromatic rings. The van der Waals surface area contributed by atoms with Gasteiger partial charge in [0.2, 0.25) is 0 Å². The van der Waals surface area contributed by atoms with E-state index in [2.05, 4.69) is 90.1 Å². The van der Waals surface area contributed by atoms with Crippen molar-refractivity contribution in [2.45, 2.75) is 6.54 Å². The van der Waals surface area contributed by atoms with Crippen molar-refractivity contribution < 1.29 is 0 Å². The van der Waals surface area contributed by atoms with E-state index in [1.165, 1.54) is 8.45 Å². The predicted molar refractivity (Wildman–Crippen MR) is 86.2 cm³/mol. The largest absolute Gasteiger partial charge is 0.380 e. The van der Waals surface area contributed by atoms with Gasteiger partial charge in [0.1, 0.15) is 0 Å². The van der Waals surface area contributed by atoms with Crippen LogP contribution in [-0.4, -0.2) is 0 Å². The molecule has 84 valence electrons. The van der Waals surface area contributed by atoms with Gasteiger partial charge in [0.25, 0.3) is 0 Å². The number of rotatable bonds is 3. The van der Waals surface area contributed by atoms with Gasteiger partial charge >= 0.3 is 0 Å². The van der Waals surface area contributed by atoms with Crippen molar-refractivity contribution >= 4 is 71.5 Å². The Bertz CT molecular complexity index is 462. The summed E-state index contributed by atoms with van der Waals surface area (Å²) in [6.07, 6.45) is 0. The zero-order valence-electron chi connectivity index (χ0n) is 8.14. The Balaban J connectivity index is 1.99. The topological polar surface area (TPSA) is 12.0 Å². The molecular formula is C11H8Br2INS. The number of halogens is 3. The van der Waals surface area contributed by atoms with Gasteiger partial charge in [-0.2, -0.15) is 0 Å². The van der Waals surface area contributed by atoms with Crippen molar-refractivity contribution in [3.63, 3.8) is 0 Å². The van der Waals surface area contributed by atoms with Gasteiger partial charge in [-0.3, -0.25) is 0 Å². The molecule has 0 bridgehead atoms. The first-order chi connectivity index (χ1) is 7.65. The van der Waals surface area contributed by atoms with E-state index in [0.717, 1.165) is 20.5 Å². The SMILES string of the molecule is Brc1cc(CNc2ccc(I)cc2)sc1Br. The number of hydrogen-bond donors (Lipinski definition) is 1. The van der Waals surface area contributed by atoms with E-state index >= 15 is 0 Å². The van der Waals surface area contributed by atoms with E-state index in [4.69, 9.17) is 0 Å². The highest BCUT2D eigenvalue weighted by Gasteiger charge is 2.03. The van der Waals surface area contributed by atoms with Gasteiger partial charge < -0.3 is 5.32 Å². The number of thiophene rings is 1. The van der Waals surface area contributed by atoms with E-state index in [1.54, 1.807) is 11.3 Å². The average molecular weight is 473 g/mol. The summed E-state index contributed by atoms with van der Waals surface area (Å²) in [4.78, 5) is 1.30. The van der Waals surface area contributed by atoms with E-state index in [9.17, 15) is 0 Å². The summed E-state index contributed by atoms with van der Waals surface area (Å²) in [5.41, 5.74) is 1.15. The molecule has 0 aliphatic rings. The minimum absolute atomic E-state index is 0.857.